The number of nitrogens with two attached hydrogens (primary N) is 1. The number of nitrogens with zero attached hydrogens (tertiary/aromatic N) is 2. The maximum atomic E-state index is 10.4. The van der Waals surface area contributed by atoms with Crippen LogP contribution < -0.4 is 5.84 Å². The first-order valence-electron chi connectivity index (χ1n) is 4.39. The van der Waals surface area contributed by atoms with Crippen molar-refractivity contribution in [1.29, 1.82) is 0 Å². The van der Waals surface area contributed by atoms with Crippen LogP contribution in [0.4, 0.5) is 0 Å². The van der Waals surface area contributed by atoms with Crippen LogP contribution >= 0.6 is 7.82 Å². The molecule has 1 saturated heterocycles. The Morgan fingerprint density at radius 1 is 1.29 bits per heavy atom. The monoisotopic (exact) mass is 225 g/mol. The first-order valence-corrected chi connectivity index (χ1v) is 5.92. The number of piperazine rings is 1. The minimum Gasteiger partial charge on any atom is -0.303 e. The van der Waals surface area contributed by atoms with Gasteiger partial charge in [-0.25, -0.2) is 9.57 Å². The van der Waals surface area contributed by atoms with Crippen molar-refractivity contribution in [2.24, 2.45) is 5.84 Å². The van der Waals surface area contributed by atoms with Crippen molar-refractivity contribution in [1.82, 2.24) is 9.91 Å². The fourth-order valence-corrected chi connectivity index (χ4v) is 1.60. The van der Waals surface area contributed by atoms with E-state index in [0.717, 1.165) is 26.2 Å². The van der Waals surface area contributed by atoms with Crippen LogP contribution in [0.15, 0.2) is 0 Å². The molecule has 0 aromatic rings. The number of phosphoric acid groups is 1. The summed E-state index contributed by atoms with van der Waals surface area (Å²) in [6, 6.07) is 0. The lowest BCUT2D eigenvalue weighted by Gasteiger charge is -2.31. The predicted molar refractivity (Wildman–Crippen MR) is 50.2 cm³/mol. The molecule has 1 aliphatic heterocycles. The van der Waals surface area contributed by atoms with Gasteiger partial charge in [0.15, 0.2) is 0 Å². The molecule has 1 rings (SSSR count). The summed E-state index contributed by atoms with van der Waals surface area (Å²) in [5, 5.41) is 1.72. The van der Waals surface area contributed by atoms with E-state index in [0.29, 0.717) is 6.54 Å². The van der Waals surface area contributed by atoms with E-state index in [1.165, 1.54) is 0 Å². The minimum atomic E-state index is -4.31. The molecule has 0 amide bonds. The lowest BCUT2D eigenvalue weighted by atomic mass is 10.3. The maximum absolute atomic E-state index is 10.4. The zero-order valence-electron chi connectivity index (χ0n) is 7.87. The summed E-state index contributed by atoms with van der Waals surface area (Å²) in [5.41, 5.74) is 0. The van der Waals surface area contributed by atoms with Crippen molar-refractivity contribution >= 4 is 7.82 Å². The smallest absolute Gasteiger partial charge is 0.303 e. The van der Waals surface area contributed by atoms with Gasteiger partial charge in [0.25, 0.3) is 0 Å². The van der Waals surface area contributed by atoms with E-state index in [-0.39, 0.29) is 6.61 Å². The number of hydrazine groups is 1. The second-order valence-electron chi connectivity index (χ2n) is 3.20. The first-order chi connectivity index (χ1) is 6.47. The molecule has 8 heteroatoms. The van der Waals surface area contributed by atoms with Crippen molar-refractivity contribution < 1.29 is 18.9 Å². The van der Waals surface area contributed by atoms with Crippen molar-refractivity contribution in [2.45, 2.75) is 0 Å². The molecule has 0 aromatic heterocycles. The fourth-order valence-electron chi connectivity index (χ4n) is 1.28. The normalized spacial score (nSPS) is 21.4. The lowest BCUT2D eigenvalue weighted by Crippen LogP contribution is -2.49. The van der Waals surface area contributed by atoms with E-state index in [4.69, 9.17) is 15.6 Å². The average molecular weight is 225 g/mol. The van der Waals surface area contributed by atoms with Crippen molar-refractivity contribution in [2.75, 3.05) is 39.3 Å². The largest absolute Gasteiger partial charge is 0.469 e. The second-order valence-corrected chi connectivity index (χ2v) is 4.44. The summed E-state index contributed by atoms with van der Waals surface area (Å²) in [5.74, 6) is 5.55. The molecule has 0 bridgehead atoms. The zero-order valence-corrected chi connectivity index (χ0v) is 8.77. The highest BCUT2D eigenvalue weighted by Crippen LogP contribution is 2.35. The Kier molecular flexibility index (Phi) is 4.46. The standard InChI is InChI=1S/C6H16N3O4P/c7-9-3-1-8(2-4-9)5-6-13-14(10,11)12/h1-7H2,(H2,10,11,12). The van der Waals surface area contributed by atoms with Crippen molar-refractivity contribution in [3.63, 3.8) is 0 Å². The maximum Gasteiger partial charge on any atom is 0.469 e. The summed E-state index contributed by atoms with van der Waals surface area (Å²) in [6.45, 7) is 3.74. The molecule has 84 valence electrons. The topological polar surface area (TPSA) is 99.3 Å². The summed E-state index contributed by atoms with van der Waals surface area (Å²) in [6.07, 6.45) is 0. The van der Waals surface area contributed by atoms with E-state index in [9.17, 15) is 4.57 Å². The van der Waals surface area contributed by atoms with Gasteiger partial charge in [0.1, 0.15) is 0 Å². The zero-order chi connectivity index (χ0) is 10.6. The van der Waals surface area contributed by atoms with Crippen molar-refractivity contribution in [3.8, 4) is 0 Å². The van der Waals surface area contributed by atoms with Gasteiger partial charge in [-0.15, -0.1) is 0 Å². The van der Waals surface area contributed by atoms with E-state index < -0.39 is 7.82 Å². The Bertz CT molecular complexity index is 213. The molecule has 0 aliphatic carbocycles. The molecule has 1 aliphatic rings. The third-order valence-electron chi connectivity index (χ3n) is 2.07. The Labute approximate surface area is 82.6 Å². The SMILES string of the molecule is NN1CCN(CCOP(=O)(O)O)CC1. The third-order valence-corrected chi connectivity index (χ3v) is 2.59. The highest BCUT2D eigenvalue weighted by molar-refractivity contribution is 7.46. The van der Waals surface area contributed by atoms with Crippen LogP contribution in [0.5, 0.6) is 0 Å². The average Bonchev–Trinajstić information content (AvgIpc) is 2.06. The highest BCUT2D eigenvalue weighted by atomic mass is 31.2. The van der Waals surface area contributed by atoms with E-state index >= 15 is 0 Å². The highest BCUT2D eigenvalue weighted by Gasteiger charge is 2.17. The quantitative estimate of drug-likeness (QED) is 0.399. The molecule has 14 heavy (non-hydrogen) atoms. The number of hydrogen-bond acceptors (Lipinski definition) is 5. The number of phosphoric ester groups is 1. The molecule has 7 nitrogen and oxygen atoms in total. The Morgan fingerprint density at radius 2 is 1.86 bits per heavy atom. The Morgan fingerprint density at radius 3 is 2.36 bits per heavy atom. The van der Waals surface area contributed by atoms with E-state index in [1.807, 2.05) is 0 Å². The summed E-state index contributed by atoms with van der Waals surface area (Å²) < 4.78 is 14.7. The van der Waals surface area contributed by atoms with Gasteiger partial charge in [0, 0.05) is 32.7 Å². The van der Waals surface area contributed by atoms with Crippen LogP contribution in [-0.4, -0.2) is 59.0 Å². The van der Waals surface area contributed by atoms with Gasteiger partial charge < -0.3 is 9.79 Å². The summed E-state index contributed by atoms with van der Waals surface area (Å²) in [7, 11) is -4.31. The minimum absolute atomic E-state index is 0.0504. The molecule has 0 aromatic carbocycles. The van der Waals surface area contributed by atoms with E-state index in [2.05, 4.69) is 9.42 Å². The molecule has 0 radical (unpaired) electrons. The summed E-state index contributed by atoms with van der Waals surface area (Å²) >= 11 is 0. The predicted octanol–water partition coefficient (Wildman–Crippen LogP) is -1.41. The van der Waals surface area contributed by atoms with Crippen LogP contribution in [0.3, 0.4) is 0 Å². The van der Waals surface area contributed by atoms with Crippen LogP contribution in [0.25, 0.3) is 0 Å². The van der Waals surface area contributed by atoms with Gasteiger partial charge in [-0.05, 0) is 0 Å². The van der Waals surface area contributed by atoms with Gasteiger partial charge in [-0.3, -0.25) is 15.3 Å². The Hall–Kier alpha value is -0.0100. The van der Waals surface area contributed by atoms with Crippen molar-refractivity contribution in [3.05, 3.63) is 0 Å². The van der Waals surface area contributed by atoms with Crippen LogP contribution in [0, 0.1) is 0 Å². The number of hydrogen-bond donors (Lipinski definition) is 3. The van der Waals surface area contributed by atoms with Gasteiger partial charge in [0.2, 0.25) is 0 Å². The third kappa shape index (κ3) is 5.02. The molecular formula is C6H16N3O4P. The fraction of sp³-hybridized carbons (Fsp3) is 1.00. The first kappa shape index (κ1) is 12.1. The van der Waals surface area contributed by atoms with Gasteiger partial charge >= 0.3 is 7.82 Å². The molecule has 0 spiro atoms. The van der Waals surface area contributed by atoms with Gasteiger partial charge in [0.05, 0.1) is 6.61 Å². The van der Waals surface area contributed by atoms with Crippen LogP contribution in [-0.2, 0) is 9.09 Å². The molecular weight excluding hydrogens is 209 g/mol. The molecule has 1 fully saturated rings. The van der Waals surface area contributed by atoms with Gasteiger partial charge in [-0.1, -0.05) is 0 Å². The van der Waals surface area contributed by atoms with E-state index in [1.54, 1.807) is 5.01 Å². The molecule has 4 N–H and O–H groups in total. The summed E-state index contributed by atoms with van der Waals surface area (Å²) in [4.78, 5) is 18.9. The number of rotatable bonds is 4. The van der Waals surface area contributed by atoms with Crippen LogP contribution in [0.1, 0.15) is 0 Å². The molecule has 1 heterocycles. The molecule has 0 atom stereocenters. The van der Waals surface area contributed by atoms with Gasteiger partial charge in [-0.2, -0.15) is 0 Å². The van der Waals surface area contributed by atoms with Crippen LogP contribution in [0.2, 0.25) is 0 Å². The Balaban J connectivity index is 2.11. The molecule has 0 unspecified atom stereocenters. The lowest BCUT2D eigenvalue weighted by molar-refractivity contribution is 0.107. The molecule has 0 saturated carbocycles. The second kappa shape index (κ2) is 5.18.